The van der Waals surface area contributed by atoms with Crippen molar-refractivity contribution < 1.29 is 13.2 Å². The van der Waals surface area contributed by atoms with Crippen molar-refractivity contribution in [2.45, 2.75) is 13.8 Å². The molecule has 0 atom stereocenters. The second-order valence-electron chi connectivity index (χ2n) is 4.58. The molecule has 2 rings (SSSR count). The minimum absolute atomic E-state index is 0.00458. The van der Waals surface area contributed by atoms with Crippen molar-refractivity contribution in [2.24, 2.45) is 0 Å². The fourth-order valence-corrected chi connectivity index (χ4v) is 3.01. The summed E-state index contributed by atoms with van der Waals surface area (Å²) in [7, 11) is -3.30. The van der Waals surface area contributed by atoms with E-state index < -0.39 is 10.0 Å². The van der Waals surface area contributed by atoms with Crippen LogP contribution in [0.15, 0.2) is 35.9 Å². The Morgan fingerprint density at radius 1 is 1.32 bits per heavy atom. The molecule has 1 aromatic carbocycles. The summed E-state index contributed by atoms with van der Waals surface area (Å²) in [6.07, 6.45) is 3.23. The molecule has 0 saturated carbocycles. The first kappa shape index (κ1) is 16.4. The molecule has 0 spiro atoms. The largest absolute Gasteiger partial charge is 0.289 e. The molecule has 7 heteroatoms. The van der Waals surface area contributed by atoms with Crippen LogP contribution in [0.5, 0.6) is 0 Å². The molecule has 116 valence electrons. The molecule has 0 aliphatic carbocycles. The molecule has 0 radical (unpaired) electrons. The number of allylic oxidation sites excluding steroid dienone is 1. The third kappa shape index (κ3) is 4.25. The molecule has 2 aromatic rings. The van der Waals surface area contributed by atoms with Gasteiger partial charge in [0, 0.05) is 16.1 Å². The highest BCUT2D eigenvalue weighted by Crippen LogP contribution is 2.16. The van der Waals surface area contributed by atoms with Gasteiger partial charge in [-0.25, -0.2) is 13.4 Å². The van der Waals surface area contributed by atoms with Gasteiger partial charge in [-0.2, -0.15) is 0 Å². The van der Waals surface area contributed by atoms with Crippen LogP contribution in [0, 0.1) is 6.92 Å². The lowest BCUT2D eigenvalue weighted by Crippen LogP contribution is -2.14. The van der Waals surface area contributed by atoms with E-state index in [1.165, 1.54) is 17.4 Å². The van der Waals surface area contributed by atoms with E-state index in [4.69, 9.17) is 0 Å². The number of nitrogens with zero attached hydrogens (tertiary/aromatic N) is 1. The fourth-order valence-electron chi connectivity index (χ4n) is 1.67. The molecule has 1 aromatic heterocycles. The van der Waals surface area contributed by atoms with E-state index in [0.717, 1.165) is 10.6 Å². The van der Waals surface area contributed by atoms with Gasteiger partial charge in [0.15, 0.2) is 5.78 Å². The Hall–Kier alpha value is -1.99. The predicted molar refractivity (Wildman–Crippen MR) is 89.7 cm³/mol. The zero-order valence-corrected chi connectivity index (χ0v) is 13.9. The van der Waals surface area contributed by atoms with E-state index in [1.807, 2.05) is 6.92 Å². The molecule has 0 aliphatic rings. The first-order valence-electron chi connectivity index (χ1n) is 6.64. The van der Waals surface area contributed by atoms with Gasteiger partial charge in [-0.1, -0.05) is 0 Å². The van der Waals surface area contributed by atoms with E-state index in [0.29, 0.717) is 11.3 Å². The number of aromatic nitrogens is 1. The minimum Gasteiger partial charge on any atom is -0.289 e. The number of hydrogen-bond acceptors (Lipinski definition) is 5. The standard InChI is InChI=1S/C15H16N2O3S2/c1-3-22(19,20)17-13-6-4-12(5-7-13)14(18)8-9-15-11(2)16-10-21-15/h4-10,17H,3H2,1-2H3/b9-8+. The van der Waals surface area contributed by atoms with Crippen molar-refractivity contribution in [3.8, 4) is 0 Å². The Kier molecular flexibility index (Phi) is 5.10. The van der Waals surface area contributed by atoms with Crippen molar-refractivity contribution in [1.82, 2.24) is 4.98 Å². The van der Waals surface area contributed by atoms with Crippen LogP contribution in [0.25, 0.3) is 6.08 Å². The third-order valence-electron chi connectivity index (χ3n) is 2.99. The van der Waals surface area contributed by atoms with Crippen molar-refractivity contribution in [1.29, 1.82) is 0 Å². The number of benzene rings is 1. The lowest BCUT2D eigenvalue weighted by Gasteiger charge is -2.06. The van der Waals surface area contributed by atoms with E-state index in [1.54, 1.807) is 42.8 Å². The number of carbonyl (C=O) groups excluding carboxylic acids is 1. The smallest absolute Gasteiger partial charge is 0.232 e. The number of hydrogen-bond donors (Lipinski definition) is 1. The second kappa shape index (κ2) is 6.85. The molecular formula is C15H16N2O3S2. The molecule has 22 heavy (non-hydrogen) atoms. The Bertz CT molecular complexity index is 790. The van der Waals surface area contributed by atoms with Crippen LogP contribution >= 0.6 is 11.3 Å². The van der Waals surface area contributed by atoms with Crippen molar-refractivity contribution in [3.05, 3.63) is 52.0 Å². The number of thiazole rings is 1. The average molecular weight is 336 g/mol. The molecule has 0 saturated heterocycles. The van der Waals surface area contributed by atoms with Crippen LogP contribution < -0.4 is 4.72 Å². The molecule has 0 bridgehead atoms. The first-order valence-corrected chi connectivity index (χ1v) is 9.17. The number of anilines is 1. The fraction of sp³-hybridized carbons (Fsp3) is 0.200. The molecule has 1 heterocycles. The first-order chi connectivity index (χ1) is 10.4. The SMILES string of the molecule is CCS(=O)(=O)Nc1ccc(C(=O)/C=C/c2scnc2C)cc1. The van der Waals surface area contributed by atoms with Gasteiger partial charge >= 0.3 is 0 Å². The quantitative estimate of drug-likeness (QED) is 0.649. The summed E-state index contributed by atoms with van der Waals surface area (Å²) in [5.74, 6) is -0.136. The van der Waals surface area contributed by atoms with Crippen LogP contribution in [-0.4, -0.2) is 24.9 Å². The van der Waals surface area contributed by atoms with Gasteiger partial charge in [-0.15, -0.1) is 11.3 Å². The van der Waals surface area contributed by atoms with Gasteiger partial charge < -0.3 is 0 Å². The zero-order valence-electron chi connectivity index (χ0n) is 12.2. The number of ketones is 1. The van der Waals surface area contributed by atoms with Crippen LogP contribution in [-0.2, 0) is 10.0 Å². The van der Waals surface area contributed by atoms with E-state index in [9.17, 15) is 13.2 Å². The van der Waals surface area contributed by atoms with Gasteiger partial charge in [0.25, 0.3) is 0 Å². The second-order valence-corrected chi connectivity index (χ2v) is 7.48. The normalized spacial score (nSPS) is 11.7. The number of carbonyl (C=O) groups is 1. The van der Waals surface area contributed by atoms with Crippen molar-refractivity contribution in [3.63, 3.8) is 0 Å². The summed E-state index contributed by atoms with van der Waals surface area (Å²) in [6, 6.07) is 6.35. The molecular weight excluding hydrogens is 320 g/mol. The molecule has 0 unspecified atom stereocenters. The molecule has 1 N–H and O–H groups in total. The zero-order chi connectivity index (χ0) is 16.2. The summed E-state index contributed by atoms with van der Waals surface area (Å²) in [5, 5.41) is 0. The summed E-state index contributed by atoms with van der Waals surface area (Å²) in [5.41, 5.74) is 3.56. The number of rotatable bonds is 6. The topological polar surface area (TPSA) is 76.1 Å². The summed E-state index contributed by atoms with van der Waals surface area (Å²) in [4.78, 5) is 17.1. The van der Waals surface area contributed by atoms with Gasteiger partial charge in [0.1, 0.15) is 0 Å². The van der Waals surface area contributed by atoms with Gasteiger partial charge in [-0.3, -0.25) is 9.52 Å². The highest BCUT2D eigenvalue weighted by Gasteiger charge is 2.08. The Morgan fingerprint density at radius 2 is 2.00 bits per heavy atom. The van der Waals surface area contributed by atoms with Crippen molar-refractivity contribution in [2.75, 3.05) is 10.5 Å². The monoisotopic (exact) mass is 336 g/mol. The Labute approximate surface area is 133 Å². The van der Waals surface area contributed by atoms with Gasteiger partial charge in [0.05, 0.1) is 17.0 Å². The molecule has 0 fully saturated rings. The number of sulfonamides is 1. The van der Waals surface area contributed by atoms with Crippen LogP contribution in [0.3, 0.4) is 0 Å². The minimum atomic E-state index is -3.30. The van der Waals surface area contributed by atoms with Gasteiger partial charge in [-0.05, 0) is 50.3 Å². The lowest BCUT2D eigenvalue weighted by atomic mass is 10.1. The van der Waals surface area contributed by atoms with Gasteiger partial charge in [0.2, 0.25) is 10.0 Å². The highest BCUT2D eigenvalue weighted by molar-refractivity contribution is 7.92. The molecule has 0 amide bonds. The summed E-state index contributed by atoms with van der Waals surface area (Å²) >= 11 is 1.47. The van der Waals surface area contributed by atoms with Crippen LogP contribution in [0.4, 0.5) is 5.69 Å². The number of nitrogens with one attached hydrogen (secondary N) is 1. The Morgan fingerprint density at radius 3 is 2.55 bits per heavy atom. The highest BCUT2D eigenvalue weighted by atomic mass is 32.2. The summed E-state index contributed by atoms with van der Waals surface area (Å²) in [6.45, 7) is 3.45. The summed E-state index contributed by atoms with van der Waals surface area (Å²) < 4.78 is 25.4. The Balaban J connectivity index is 2.09. The van der Waals surface area contributed by atoms with Crippen molar-refractivity contribution >= 4 is 38.9 Å². The van der Waals surface area contributed by atoms with E-state index >= 15 is 0 Å². The predicted octanol–water partition coefficient (Wildman–Crippen LogP) is 3.11. The lowest BCUT2D eigenvalue weighted by molar-refractivity contribution is 0.104. The number of aryl methyl sites for hydroxylation is 1. The average Bonchev–Trinajstić information content (AvgIpc) is 2.90. The van der Waals surface area contributed by atoms with E-state index in [-0.39, 0.29) is 11.5 Å². The molecule has 0 aliphatic heterocycles. The van der Waals surface area contributed by atoms with Crippen LogP contribution in [0.1, 0.15) is 27.9 Å². The maximum Gasteiger partial charge on any atom is 0.232 e. The third-order valence-corrected chi connectivity index (χ3v) is 5.19. The molecule has 5 nitrogen and oxygen atoms in total. The van der Waals surface area contributed by atoms with Crippen LogP contribution in [0.2, 0.25) is 0 Å². The van der Waals surface area contributed by atoms with E-state index in [2.05, 4.69) is 9.71 Å². The maximum atomic E-state index is 12.1. The maximum absolute atomic E-state index is 12.1.